The normalized spacial score (nSPS) is 17.3. The van der Waals surface area contributed by atoms with Crippen LogP contribution in [0, 0.1) is 26.7 Å². The van der Waals surface area contributed by atoms with Crippen LogP contribution in [0.25, 0.3) is 10.2 Å². The lowest BCUT2D eigenvalue weighted by Crippen LogP contribution is -2.45. The van der Waals surface area contributed by atoms with Crippen LogP contribution in [-0.2, 0) is 4.79 Å². The Labute approximate surface area is 164 Å². The van der Waals surface area contributed by atoms with Crippen LogP contribution in [0.4, 0.5) is 0 Å². The Morgan fingerprint density at radius 3 is 2.78 bits per heavy atom. The Morgan fingerprint density at radius 1 is 1.26 bits per heavy atom. The first-order chi connectivity index (χ1) is 12.9. The lowest BCUT2D eigenvalue weighted by Gasteiger charge is -2.32. The van der Waals surface area contributed by atoms with E-state index in [4.69, 9.17) is 0 Å². The van der Waals surface area contributed by atoms with Gasteiger partial charge < -0.3 is 10.2 Å². The van der Waals surface area contributed by atoms with E-state index in [1.165, 1.54) is 11.3 Å². The number of aryl methyl sites for hydroxylation is 3. The maximum Gasteiger partial charge on any atom is 0.264 e. The Kier molecular flexibility index (Phi) is 6.09. The molecule has 3 rings (SSSR count). The van der Waals surface area contributed by atoms with Gasteiger partial charge in [-0.25, -0.2) is 9.97 Å². The standard InChI is InChI=1S/C20H28N4O2S/c1-5-6-9-21-18(25)15-8-7-10-24(11-15)20(26)17-12(2)16-13(3)22-14(4)23-19(16)27-17/h15H,5-11H2,1-4H3,(H,21,25). The molecule has 0 radical (unpaired) electrons. The van der Waals surface area contributed by atoms with Gasteiger partial charge in [0.25, 0.3) is 5.91 Å². The van der Waals surface area contributed by atoms with E-state index >= 15 is 0 Å². The fourth-order valence-electron chi connectivity index (χ4n) is 3.73. The van der Waals surface area contributed by atoms with Crippen LogP contribution in [-0.4, -0.2) is 46.3 Å². The summed E-state index contributed by atoms with van der Waals surface area (Å²) in [5.74, 6) is 0.699. The number of thiophene rings is 1. The van der Waals surface area contributed by atoms with Crippen molar-refractivity contribution in [3.63, 3.8) is 0 Å². The summed E-state index contributed by atoms with van der Waals surface area (Å²) in [5, 5.41) is 3.99. The zero-order valence-electron chi connectivity index (χ0n) is 16.6. The topological polar surface area (TPSA) is 75.2 Å². The van der Waals surface area contributed by atoms with E-state index in [-0.39, 0.29) is 17.7 Å². The van der Waals surface area contributed by atoms with Crippen molar-refractivity contribution in [1.82, 2.24) is 20.2 Å². The molecule has 1 saturated heterocycles. The first-order valence-electron chi connectivity index (χ1n) is 9.73. The van der Waals surface area contributed by atoms with Crippen LogP contribution >= 0.6 is 11.3 Å². The Bertz CT molecular complexity index is 861. The van der Waals surface area contributed by atoms with Crippen LogP contribution in [0.3, 0.4) is 0 Å². The van der Waals surface area contributed by atoms with Gasteiger partial charge in [-0.2, -0.15) is 0 Å². The first kappa shape index (κ1) is 19.7. The molecule has 27 heavy (non-hydrogen) atoms. The van der Waals surface area contributed by atoms with Gasteiger partial charge in [-0.1, -0.05) is 13.3 Å². The van der Waals surface area contributed by atoms with Crippen LogP contribution < -0.4 is 5.32 Å². The van der Waals surface area contributed by atoms with Crippen molar-refractivity contribution in [3.05, 3.63) is 22.0 Å². The Morgan fingerprint density at radius 2 is 2.04 bits per heavy atom. The van der Waals surface area contributed by atoms with E-state index in [9.17, 15) is 9.59 Å². The van der Waals surface area contributed by atoms with Gasteiger partial charge in [0, 0.05) is 30.7 Å². The summed E-state index contributed by atoms with van der Waals surface area (Å²) in [6.07, 6.45) is 3.75. The number of hydrogen-bond acceptors (Lipinski definition) is 5. The fourth-order valence-corrected chi connectivity index (χ4v) is 4.98. The molecule has 0 spiro atoms. The summed E-state index contributed by atoms with van der Waals surface area (Å²) in [7, 11) is 0. The number of fused-ring (bicyclic) bond motifs is 1. The van der Waals surface area contributed by atoms with Gasteiger partial charge in [-0.05, 0) is 45.6 Å². The van der Waals surface area contributed by atoms with Gasteiger partial charge in [0.15, 0.2) is 0 Å². The van der Waals surface area contributed by atoms with Crippen molar-refractivity contribution < 1.29 is 9.59 Å². The predicted octanol–water partition coefficient (Wildman–Crippen LogP) is 3.39. The van der Waals surface area contributed by atoms with Gasteiger partial charge in [0.2, 0.25) is 5.91 Å². The highest BCUT2D eigenvalue weighted by Gasteiger charge is 2.30. The molecule has 2 aromatic heterocycles. The monoisotopic (exact) mass is 388 g/mol. The number of amides is 2. The molecule has 7 heteroatoms. The van der Waals surface area contributed by atoms with Gasteiger partial charge in [-0.15, -0.1) is 11.3 Å². The lowest BCUT2D eigenvalue weighted by atomic mass is 9.96. The maximum atomic E-state index is 13.2. The molecule has 0 saturated carbocycles. The summed E-state index contributed by atoms with van der Waals surface area (Å²) in [5.41, 5.74) is 1.86. The third-order valence-corrected chi connectivity index (χ3v) is 6.36. The van der Waals surface area contributed by atoms with E-state index < -0.39 is 0 Å². The van der Waals surface area contributed by atoms with E-state index in [1.54, 1.807) is 0 Å². The van der Waals surface area contributed by atoms with Crippen molar-refractivity contribution in [1.29, 1.82) is 0 Å². The second kappa shape index (κ2) is 8.33. The highest BCUT2D eigenvalue weighted by molar-refractivity contribution is 7.20. The minimum atomic E-state index is -0.113. The number of unbranched alkanes of at least 4 members (excludes halogenated alkanes) is 1. The van der Waals surface area contributed by atoms with E-state index in [0.717, 1.165) is 57.9 Å². The second-order valence-electron chi connectivity index (χ2n) is 7.33. The van der Waals surface area contributed by atoms with Gasteiger partial charge in [0.05, 0.1) is 10.8 Å². The summed E-state index contributed by atoms with van der Waals surface area (Å²) >= 11 is 1.44. The van der Waals surface area contributed by atoms with Crippen LogP contribution in [0.15, 0.2) is 0 Å². The lowest BCUT2D eigenvalue weighted by molar-refractivity contribution is -0.126. The average Bonchev–Trinajstić information content (AvgIpc) is 2.97. The van der Waals surface area contributed by atoms with Gasteiger partial charge >= 0.3 is 0 Å². The summed E-state index contributed by atoms with van der Waals surface area (Å²) in [6, 6.07) is 0. The molecule has 0 bridgehead atoms. The predicted molar refractivity (Wildman–Crippen MR) is 108 cm³/mol. The molecular weight excluding hydrogens is 360 g/mol. The molecule has 0 aromatic carbocycles. The van der Waals surface area contributed by atoms with Crippen molar-refractivity contribution in [2.24, 2.45) is 5.92 Å². The molecule has 0 aliphatic carbocycles. The average molecular weight is 389 g/mol. The quantitative estimate of drug-likeness (QED) is 0.797. The molecule has 1 N–H and O–H groups in total. The zero-order valence-corrected chi connectivity index (χ0v) is 17.4. The number of carbonyl (C=O) groups is 2. The minimum absolute atomic E-state index is 0.0126. The molecule has 3 heterocycles. The minimum Gasteiger partial charge on any atom is -0.356 e. The Balaban J connectivity index is 1.77. The molecule has 1 aliphatic rings. The number of hydrogen-bond donors (Lipinski definition) is 1. The third-order valence-electron chi connectivity index (χ3n) is 5.19. The second-order valence-corrected chi connectivity index (χ2v) is 8.33. The number of likely N-dealkylation sites (tertiary alicyclic amines) is 1. The smallest absolute Gasteiger partial charge is 0.264 e. The zero-order chi connectivity index (χ0) is 19.6. The summed E-state index contributed by atoms with van der Waals surface area (Å²) in [4.78, 5) is 37.9. The summed E-state index contributed by atoms with van der Waals surface area (Å²) in [6.45, 7) is 9.82. The van der Waals surface area contributed by atoms with Gasteiger partial charge in [-0.3, -0.25) is 9.59 Å². The van der Waals surface area contributed by atoms with Crippen molar-refractivity contribution in [3.8, 4) is 0 Å². The number of piperidine rings is 1. The van der Waals surface area contributed by atoms with E-state index in [2.05, 4.69) is 22.2 Å². The van der Waals surface area contributed by atoms with Crippen molar-refractivity contribution in [2.75, 3.05) is 19.6 Å². The largest absolute Gasteiger partial charge is 0.356 e. The fraction of sp³-hybridized carbons (Fsp3) is 0.600. The van der Waals surface area contributed by atoms with Crippen molar-refractivity contribution >= 4 is 33.4 Å². The number of nitrogens with one attached hydrogen (secondary N) is 1. The van der Waals surface area contributed by atoms with Gasteiger partial charge in [0.1, 0.15) is 10.7 Å². The van der Waals surface area contributed by atoms with Crippen LogP contribution in [0.2, 0.25) is 0 Å². The highest BCUT2D eigenvalue weighted by atomic mass is 32.1. The Hall–Kier alpha value is -2.02. The molecule has 1 atom stereocenters. The maximum absolute atomic E-state index is 13.2. The van der Waals surface area contributed by atoms with E-state index in [0.29, 0.717) is 19.6 Å². The number of nitrogens with zero attached hydrogens (tertiary/aromatic N) is 3. The van der Waals surface area contributed by atoms with E-state index in [1.807, 2.05) is 25.7 Å². The molecule has 2 amide bonds. The van der Waals surface area contributed by atoms with Crippen molar-refractivity contribution in [2.45, 2.75) is 53.4 Å². The molecular formula is C20H28N4O2S. The molecule has 146 valence electrons. The number of carbonyl (C=O) groups excluding carboxylic acids is 2. The molecule has 1 aliphatic heterocycles. The molecule has 1 unspecified atom stereocenters. The van der Waals surface area contributed by atoms with Crippen LogP contribution in [0.5, 0.6) is 0 Å². The summed E-state index contributed by atoms with van der Waals surface area (Å²) < 4.78 is 0. The highest BCUT2D eigenvalue weighted by Crippen LogP contribution is 2.33. The number of rotatable bonds is 5. The first-order valence-corrected chi connectivity index (χ1v) is 10.5. The SMILES string of the molecule is CCCCNC(=O)C1CCCN(C(=O)c2sc3nc(C)nc(C)c3c2C)C1. The van der Waals surface area contributed by atoms with Crippen LogP contribution in [0.1, 0.15) is 59.4 Å². The molecule has 1 fully saturated rings. The molecule has 6 nitrogen and oxygen atoms in total. The number of aromatic nitrogens is 2. The third kappa shape index (κ3) is 4.13. The molecule has 2 aromatic rings.